The predicted octanol–water partition coefficient (Wildman–Crippen LogP) is 5.03. The van der Waals surface area contributed by atoms with Gasteiger partial charge in [0.15, 0.2) is 0 Å². The first-order valence-corrected chi connectivity index (χ1v) is 15.1. The summed E-state index contributed by atoms with van der Waals surface area (Å²) in [4.78, 5) is 28.9. The van der Waals surface area contributed by atoms with Crippen LogP contribution in [0.3, 0.4) is 0 Å². The molecule has 0 aliphatic rings. The van der Waals surface area contributed by atoms with E-state index >= 15 is 0 Å². The minimum absolute atomic E-state index is 0.0654. The number of para-hydroxylation sites is 1. The van der Waals surface area contributed by atoms with E-state index in [2.05, 4.69) is 21.2 Å². The average Bonchev–Trinajstić information content (AvgIpc) is 2.84. The minimum atomic E-state index is -3.84. The van der Waals surface area contributed by atoms with E-state index in [1.165, 1.54) is 4.90 Å². The molecule has 10 heteroatoms. The number of hydrogen-bond donors (Lipinski definition) is 1. The summed E-state index contributed by atoms with van der Waals surface area (Å²) in [5.41, 5.74) is 1.91. The van der Waals surface area contributed by atoms with Crippen molar-refractivity contribution in [3.63, 3.8) is 0 Å². The second-order valence-corrected chi connectivity index (χ2v) is 12.4. The van der Waals surface area contributed by atoms with Crippen molar-refractivity contribution in [2.45, 2.75) is 38.9 Å². The van der Waals surface area contributed by atoms with Crippen LogP contribution in [0.5, 0.6) is 0 Å². The number of nitrogens with one attached hydrogen (secondary N) is 1. The smallest absolute Gasteiger partial charge is 0.244 e. The van der Waals surface area contributed by atoms with Gasteiger partial charge in [-0.25, -0.2) is 8.42 Å². The lowest BCUT2D eigenvalue weighted by atomic mass is 10.0. The van der Waals surface area contributed by atoms with Crippen LogP contribution in [0.2, 0.25) is 5.02 Å². The van der Waals surface area contributed by atoms with Crippen molar-refractivity contribution < 1.29 is 18.0 Å². The molecule has 202 valence electrons. The molecule has 0 fully saturated rings. The van der Waals surface area contributed by atoms with Crippen molar-refractivity contribution in [3.05, 3.63) is 99.5 Å². The Morgan fingerprint density at radius 2 is 1.58 bits per heavy atom. The number of amides is 2. The largest absolute Gasteiger partial charge is 0.352 e. The molecule has 0 aromatic heterocycles. The predicted molar refractivity (Wildman–Crippen MR) is 156 cm³/mol. The van der Waals surface area contributed by atoms with E-state index < -0.39 is 28.5 Å². The summed E-state index contributed by atoms with van der Waals surface area (Å²) in [5, 5.41) is 3.41. The molecule has 3 aromatic carbocycles. The zero-order valence-electron chi connectivity index (χ0n) is 21.5. The Bertz CT molecular complexity index is 1370. The van der Waals surface area contributed by atoms with Gasteiger partial charge in [-0.1, -0.05) is 66.2 Å². The molecule has 3 aromatic rings. The molecule has 3 rings (SSSR count). The van der Waals surface area contributed by atoms with Crippen molar-refractivity contribution in [1.82, 2.24) is 10.2 Å². The van der Waals surface area contributed by atoms with Crippen LogP contribution in [0.15, 0.2) is 83.3 Å². The molecular formula is C28H31BrClN3O4S. The molecule has 0 radical (unpaired) electrons. The van der Waals surface area contributed by atoms with Crippen LogP contribution in [0, 0.1) is 0 Å². The number of sulfonamides is 1. The molecule has 0 heterocycles. The third-order valence-corrected chi connectivity index (χ3v) is 7.78. The fourth-order valence-electron chi connectivity index (χ4n) is 4.02. The SMILES string of the molecule is CC(C)NC(=O)[C@H](Cc1ccccc1)N(Cc1cccc(Cl)c1)C(=O)CN(c1ccccc1Br)S(C)(=O)=O. The van der Waals surface area contributed by atoms with E-state index in [-0.39, 0.29) is 24.9 Å². The number of halogens is 2. The highest BCUT2D eigenvalue weighted by molar-refractivity contribution is 9.10. The van der Waals surface area contributed by atoms with Crippen LogP contribution in [0.4, 0.5) is 5.69 Å². The monoisotopic (exact) mass is 619 g/mol. The fourth-order valence-corrected chi connectivity index (χ4v) is 5.71. The molecule has 0 bridgehead atoms. The fraction of sp³-hybridized carbons (Fsp3) is 0.286. The summed E-state index contributed by atoms with van der Waals surface area (Å²) >= 11 is 9.61. The van der Waals surface area contributed by atoms with Crippen LogP contribution in [0.25, 0.3) is 0 Å². The third kappa shape index (κ3) is 8.31. The molecule has 0 spiro atoms. The lowest BCUT2D eigenvalue weighted by Gasteiger charge is -2.34. The number of carbonyl (C=O) groups is 2. The highest BCUT2D eigenvalue weighted by Gasteiger charge is 2.33. The van der Waals surface area contributed by atoms with Gasteiger partial charge < -0.3 is 10.2 Å². The normalized spacial score (nSPS) is 12.2. The van der Waals surface area contributed by atoms with Crippen molar-refractivity contribution in [2.24, 2.45) is 0 Å². The quantitative estimate of drug-likeness (QED) is 0.326. The van der Waals surface area contributed by atoms with Crippen LogP contribution < -0.4 is 9.62 Å². The lowest BCUT2D eigenvalue weighted by molar-refractivity contribution is -0.140. The van der Waals surface area contributed by atoms with Crippen LogP contribution in [0.1, 0.15) is 25.0 Å². The Balaban J connectivity index is 2.07. The maximum absolute atomic E-state index is 14.0. The van der Waals surface area contributed by atoms with Crippen LogP contribution in [-0.2, 0) is 32.6 Å². The molecule has 0 saturated heterocycles. The molecule has 2 amide bonds. The van der Waals surface area contributed by atoms with Gasteiger partial charge in [0, 0.05) is 28.5 Å². The number of nitrogens with zero attached hydrogens (tertiary/aromatic N) is 2. The van der Waals surface area contributed by atoms with Gasteiger partial charge in [-0.05, 0) is 65.2 Å². The molecule has 0 unspecified atom stereocenters. The van der Waals surface area contributed by atoms with Crippen molar-refractivity contribution in [2.75, 3.05) is 17.1 Å². The maximum Gasteiger partial charge on any atom is 0.244 e. The number of benzene rings is 3. The van der Waals surface area contributed by atoms with Gasteiger partial charge >= 0.3 is 0 Å². The molecule has 1 N–H and O–H groups in total. The Morgan fingerprint density at radius 1 is 0.947 bits per heavy atom. The molecule has 0 aliphatic carbocycles. The highest BCUT2D eigenvalue weighted by atomic mass is 79.9. The molecule has 7 nitrogen and oxygen atoms in total. The Kier molecular flexibility index (Phi) is 10.4. The van der Waals surface area contributed by atoms with E-state index in [1.807, 2.05) is 50.2 Å². The van der Waals surface area contributed by atoms with Gasteiger partial charge in [-0.15, -0.1) is 0 Å². The second kappa shape index (κ2) is 13.3. The molecule has 0 saturated carbocycles. The minimum Gasteiger partial charge on any atom is -0.352 e. The maximum atomic E-state index is 14.0. The summed E-state index contributed by atoms with van der Waals surface area (Å²) in [7, 11) is -3.84. The summed E-state index contributed by atoms with van der Waals surface area (Å²) < 4.78 is 27.2. The first kappa shape index (κ1) is 29.7. The van der Waals surface area contributed by atoms with Crippen LogP contribution in [-0.4, -0.2) is 50.0 Å². The van der Waals surface area contributed by atoms with Gasteiger partial charge in [0.25, 0.3) is 0 Å². The number of rotatable bonds is 11. The van der Waals surface area contributed by atoms with Gasteiger partial charge in [0.1, 0.15) is 12.6 Å². The summed E-state index contributed by atoms with van der Waals surface area (Å²) in [6, 6.07) is 22.2. The Morgan fingerprint density at radius 3 is 2.18 bits per heavy atom. The lowest BCUT2D eigenvalue weighted by Crippen LogP contribution is -2.54. The Labute approximate surface area is 238 Å². The number of carbonyl (C=O) groups excluding carboxylic acids is 2. The van der Waals surface area contributed by atoms with E-state index in [0.717, 1.165) is 16.1 Å². The van der Waals surface area contributed by atoms with Crippen molar-refractivity contribution in [1.29, 1.82) is 0 Å². The first-order chi connectivity index (χ1) is 18.0. The summed E-state index contributed by atoms with van der Waals surface area (Å²) in [6.07, 6.45) is 1.30. The van der Waals surface area contributed by atoms with Crippen LogP contribution >= 0.6 is 27.5 Å². The first-order valence-electron chi connectivity index (χ1n) is 12.1. The van der Waals surface area contributed by atoms with Crippen molar-refractivity contribution >= 4 is 55.1 Å². The highest BCUT2D eigenvalue weighted by Crippen LogP contribution is 2.28. The Hall–Kier alpha value is -2.88. The van der Waals surface area contributed by atoms with E-state index in [1.54, 1.807) is 42.5 Å². The standard InChI is InChI=1S/C28H31BrClN3O4S/c1-20(2)31-28(35)26(17-21-10-5-4-6-11-21)32(18-22-12-9-13-23(30)16-22)27(34)19-33(38(3,36)37)25-15-8-7-14-24(25)29/h4-16,20,26H,17-19H2,1-3H3,(H,31,35)/t26-/m0/s1. The third-order valence-electron chi connectivity index (χ3n) is 5.74. The molecule has 0 aliphatic heterocycles. The average molecular weight is 621 g/mol. The number of hydrogen-bond acceptors (Lipinski definition) is 4. The second-order valence-electron chi connectivity index (χ2n) is 9.24. The molecule has 1 atom stereocenters. The van der Waals surface area contributed by atoms with Gasteiger partial charge in [0.05, 0.1) is 11.9 Å². The van der Waals surface area contributed by atoms with E-state index in [4.69, 9.17) is 11.6 Å². The molecular weight excluding hydrogens is 590 g/mol. The number of anilines is 1. The van der Waals surface area contributed by atoms with E-state index in [9.17, 15) is 18.0 Å². The van der Waals surface area contributed by atoms with Gasteiger partial charge in [0.2, 0.25) is 21.8 Å². The van der Waals surface area contributed by atoms with Gasteiger partial charge in [-0.3, -0.25) is 13.9 Å². The van der Waals surface area contributed by atoms with Gasteiger partial charge in [-0.2, -0.15) is 0 Å². The molecule has 38 heavy (non-hydrogen) atoms. The zero-order chi connectivity index (χ0) is 27.9. The van der Waals surface area contributed by atoms with E-state index in [0.29, 0.717) is 20.7 Å². The summed E-state index contributed by atoms with van der Waals surface area (Å²) in [5.74, 6) is -0.850. The zero-order valence-corrected chi connectivity index (χ0v) is 24.6. The van der Waals surface area contributed by atoms with Crippen molar-refractivity contribution in [3.8, 4) is 0 Å². The summed E-state index contributed by atoms with van der Waals surface area (Å²) in [6.45, 7) is 3.27. The topological polar surface area (TPSA) is 86.8 Å².